The Labute approximate surface area is 70.4 Å². The Balaban J connectivity index is 2.32. The van der Waals surface area contributed by atoms with Crippen LogP contribution in [0.1, 0.15) is 6.42 Å². The van der Waals surface area contributed by atoms with Gasteiger partial charge in [-0.2, -0.15) is 0 Å². The second-order valence-electron chi connectivity index (χ2n) is 1.99. The molecule has 0 aromatic carbocycles. The summed E-state index contributed by atoms with van der Waals surface area (Å²) in [6.45, 7) is 1.05. The van der Waals surface area contributed by atoms with E-state index in [1.807, 2.05) is 0 Å². The van der Waals surface area contributed by atoms with Crippen LogP contribution in [0, 0.1) is 0 Å². The number of hydrogen-bond acceptors (Lipinski definition) is 4. The van der Waals surface area contributed by atoms with Gasteiger partial charge in [-0.3, -0.25) is 13.6 Å². The van der Waals surface area contributed by atoms with Crippen LogP contribution in [-0.4, -0.2) is 25.7 Å². The lowest BCUT2D eigenvalue weighted by molar-refractivity contribution is 0.0782. The lowest BCUT2D eigenvalue weighted by atomic mass is 10.5. The van der Waals surface area contributed by atoms with Crippen LogP contribution >= 0.6 is 19.4 Å². The molecule has 0 unspecified atom stereocenters. The Bertz CT molecular complexity index is 153. The van der Waals surface area contributed by atoms with E-state index in [0.717, 1.165) is 6.42 Å². The minimum absolute atomic E-state index is 0.193. The minimum Gasteiger partial charge on any atom is -0.287 e. The first-order valence-electron chi connectivity index (χ1n) is 3.36. The van der Waals surface area contributed by atoms with Gasteiger partial charge in [-0.15, -0.1) is 11.6 Å². The van der Waals surface area contributed by atoms with E-state index in [1.165, 1.54) is 0 Å². The van der Waals surface area contributed by atoms with Gasteiger partial charge >= 0.3 is 7.82 Å². The lowest BCUT2D eigenvalue weighted by Crippen LogP contribution is -2.10. The molecule has 1 aliphatic rings. The summed E-state index contributed by atoms with van der Waals surface area (Å²) in [6, 6.07) is 0. The molecule has 0 amide bonds. The molecule has 0 atom stereocenters. The maximum atomic E-state index is 11.3. The van der Waals surface area contributed by atoms with Crippen LogP contribution in [-0.2, 0) is 18.1 Å². The van der Waals surface area contributed by atoms with E-state index in [-0.39, 0.29) is 12.5 Å². The Hall–Kier alpha value is 0.400. The third-order valence-corrected chi connectivity index (χ3v) is 2.76. The third kappa shape index (κ3) is 3.09. The van der Waals surface area contributed by atoms with Crippen molar-refractivity contribution in [2.75, 3.05) is 25.7 Å². The fourth-order valence-corrected chi connectivity index (χ4v) is 2.10. The van der Waals surface area contributed by atoms with Gasteiger partial charge in [0.15, 0.2) is 0 Å². The summed E-state index contributed by atoms with van der Waals surface area (Å²) in [5.41, 5.74) is 0. The molecule has 11 heavy (non-hydrogen) atoms. The van der Waals surface area contributed by atoms with E-state index >= 15 is 0 Å². The summed E-state index contributed by atoms with van der Waals surface area (Å²) in [7, 11) is -3.21. The van der Waals surface area contributed by atoms with Crippen molar-refractivity contribution in [3.05, 3.63) is 0 Å². The van der Waals surface area contributed by atoms with Crippen LogP contribution < -0.4 is 0 Å². The van der Waals surface area contributed by atoms with Gasteiger partial charge in [0, 0.05) is 5.88 Å². The summed E-state index contributed by atoms with van der Waals surface area (Å²) in [5, 5.41) is 0. The molecule has 0 aliphatic carbocycles. The van der Waals surface area contributed by atoms with Gasteiger partial charge in [-0.1, -0.05) is 0 Å². The summed E-state index contributed by atoms with van der Waals surface area (Å²) in [4.78, 5) is 0. The van der Waals surface area contributed by atoms with Gasteiger partial charge in [0.2, 0.25) is 0 Å². The van der Waals surface area contributed by atoms with Gasteiger partial charge in [-0.25, -0.2) is 4.57 Å². The molecule has 6 heteroatoms. The Morgan fingerprint density at radius 3 is 2.64 bits per heavy atom. The van der Waals surface area contributed by atoms with Crippen molar-refractivity contribution < 1.29 is 18.1 Å². The van der Waals surface area contributed by atoms with Crippen molar-refractivity contribution in [2.24, 2.45) is 0 Å². The van der Waals surface area contributed by atoms with Gasteiger partial charge in [0.1, 0.15) is 0 Å². The summed E-state index contributed by atoms with van der Waals surface area (Å²) in [5.74, 6) is 0.288. The van der Waals surface area contributed by atoms with E-state index in [0.29, 0.717) is 13.2 Å². The fraction of sp³-hybridized carbons (Fsp3) is 1.00. The second kappa shape index (κ2) is 4.43. The number of halogens is 1. The zero-order valence-electron chi connectivity index (χ0n) is 5.99. The average molecular weight is 201 g/mol. The highest BCUT2D eigenvalue weighted by Gasteiger charge is 2.29. The summed E-state index contributed by atoms with van der Waals surface area (Å²) >= 11 is 5.33. The van der Waals surface area contributed by atoms with E-state index in [9.17, 15) is 4.57 Å². The average Bonchev–Trinajstić information content (AvgIpc) is 2.03. The van der Waals surface area contributed by atoms with Crippen LogP contribution in [0.15, 0.2) is 0 Å². The van der Waals surface area contributed by atoms with Gasteiger partial charge < -0.3 is 0 Å². The van der Waals surface area contributed by atoms with Gasteiger partial charge in [0.05, 0.1) is 19.8 Å². The molecule has 0 aromatic heterocycles. The molecule has 0 saturated carbocycles. The molecule has 1 fully saturated rings. The van der Waals surface area contributed by atoms with Crippen molar-refractivity contribution in [1.82, 2.24) is 0 Å². The van der Waals surface area contributed by atoms with Crippen molar-refractivity contribution in [3.8, 4) is 0 Å². The Morgan fingerprint density at radius 2 is 2.09 bits per heavy atom. The van der Waals surface area contributed by atoms with Crippen molar-refractivity contribution in [1.29, 1.82) is 0 Å². The second-order valence-corrected chi connectivity index (χ2v) is 4.04. The fourth-order valence-electron chi connectivity index (χ4n) is 0.670. The molecule has 66 valence electrons. The number of hydrogen-bond donors (Lipinski definition) is 0. The molecule has 0 radical (unpaired) electrons. The highest BCUT2D eigenvalue weighted by Crippen LogP contribution is 2.51. The van der Waals surface area contributed by atoms with Crippen molar-refractivity contribution in [3.63, 3.8) is 0 Å². The number of phosphoric ester groups is 1. The molecule has 1 heterocycles. The van der Waals surface area contributed by atoms with Crippen LogP contribution in [0.2, 0.25) is 0 Å². The smallest absolute Gasteiger partial charge is 0.287 e. The molecule has 0 N–H and O–H groups in total. The molecule has 4 nitrogen and oxygen atoms in total. The minimum atomic E-state index is -3.21. The standard InChI is InChI=1S/C5H10ClO4P/c6-2-5-10-11(7)8-3-1-4-9-11/h1-5H2. The molecular weight excluding hydrogens is 190 g/mol. The first-order valence-corrected chi connectivity index (χ1v) is 5.36. The summed E-state index contributed by atoms with van der Waals surface area (Å²) < 4.78 is 25.7. The Kier molecular flexibility index (Phi) is 3.82. The maximum absolute atomic E-state index is 11.3. The van der Waals surface area contributed by atoms with Crippen molar-refractivity contribution >= 4 is 19.4 Å². The number of alkyl halides is 1. The van der Waals surface area contributed by atoms with Crippen LogP contribution in [0.5, 0.6) is 0 Å². The predicted octanol–water partition coefficient (Wildman–Crippen LogP) is 1.79. The normalized spacial score (nSPS) is 23.4. The SMILES string of the molecule is O=P1(OCCCl)OCCCO1. The molecular formula is C5H10ClO4P. The highest BCUT2D eigenvalue weighted by atomic mass is 35.5. The zero-order chi connectivity index (χ0) is 8.16. The Morgan fingerprint density at radius 1 is 1.45 bits per heavy atom. The van der Waals surface area contributed by atoms with E-state index < -0.39 is 7.82 Å². The molecule has 0 spiro atoms. The third-order valence-electron chi connectivity index (χ3n) is 1.11. The van der Waals surface area contributed by atoms with Crippen LogP contribution in [0.25, 0.3) is 0 Å². The summed E-state index contributed by atoms with van der Waals surface area (Å²) in [6.07, 6.45) is 0.758. The number of rotatable bonds is 3. The van der Waals surface area contributed by atoms with Crippen LogP contribution in [0.4, 0.5) is 0 Å². The molecule has 1 saturated heterocycles. The van der Waals surface area contributed by atoms with Crippen molar-refractivity contribution in [2.45, 2.75) is 6.42 Å². The van der Waals surface area contributed by atoms with Gasteiger partial charge in [-0.05, 0) is 6.42 Å². The first kappa shape index (κ1) is 9.49. The first-order chi connectivity index (χ1) is 5.27. The molecule has 0 bridgehead atoms. The quantitative estimate of drug-likeness (QED) is 0.515. The molecule has 1 aliphatic heterocycles. The lowest BCUT2D eigenvalue weighted by Gasteiger charge is -2.21. The molecule has 0 aromatic rings. The largest absolute Gasteiger partial charge is 0.474 e. The zero-order valence-corrected chi connectivity index (χ0v) is 7.64. The highest BCUT2D eigenvalue weighted by molar-refractivity contribution is 7.48. The topological polar surface area (TPSA) is 44.8 Å². The predicted molar refractivity (Wildman–Crippen MR) is 40.8 cm³/mol. The van der Waals surface area contributed by atoms with E-state index in [1.54, 1.807) is 0 Å². The monoisotopic (exact) mass is 200 g/mol. The maximum Gasteiger partial charge on any atom is 0.474 e. The van der Waals surface area contributed by atoms with Gasteiger partial charge in [0.25, 0.3) is 0 Å². The van der Waals surface area contributed by atoms with Crippen LogP contribution in [0.3, 0.4) is 0 Å². The molecule has 1 rings (SSSR count). The van der Waals surface area contributed by atoms with E-state index in [4.69, 9.17) is 25.2 Å². The number of phosphoric acid groups is 1. The van der Waals surface area contributed by atoms with E-state index in [2.05, 4.69) is 0 Å².